The van der Waals surface area contributed by atoms with Crippen LogP contribution >= 0.6 is 11.6 Å². The maximum atomic E-state index is 11.9. The molecule has 2 heterocycles. The fourth-order valence-corrected chi connectivity index (χ4v) is 2.08. The van der Waals surface area contributed by atoms with E-state index in [1.54, 1.807) is 12.3 Å². The minimum atomic E-state index is -0.237. The van der Waals surface area contributed by atoms with Gasteiger partial charge in [-0.05, 0) is 11.6 Å². The highest BCUT2D eigenvalue weighted by Crippen LogP contribution is 2.15. The highest BCUT2D eigenvalue weighted by Gasteiger charge is 2.13. The van der Waals surface area contributed by atoms with Crippen LogP contribution in [0.1, 0.15) is 11.5 Å². The van der Waals surface area contributed by atoms with Crippen molar-refractivity contribution in [3.8, 4) is 11.6 Å². The number of amides is 1. The van der Waals surface area contributed by atoms with Gasteiger partial charge in [0.15, 0.2) is 0 Å². The normalized spacial score (nSPS) is 10.5. The van der Waals surface area contributed by atoms with Crippen LogP contribution in [0.15, 0.2) is 47.3 Å². The van der Waals surface area contributed by atoms with Crippen molar-refractivity contribution in [3.05, 3.63) is 59.3 Å². The molecular weight excluding hydrogens is 318 g/mol. The van der Waals surface area contributed by atoms with E-state index >= 15 is 0 Å². The van der Waals surface area contributed by atoms with Gasteiger partial charge in [0, 0.05) is 24.0 Å². The molecule has 0 radical (unpaired) electrons. The van der Waals surface area contributed by atoms with Crippen molar-refractivity contribution in [2.45, 2.75) is 13.0 Å². The van der Waals surface area contributed by atoms with E-state index in [0.717, 1.165) is 5.56 Å². The second-order valence-electron chi connectivity index (χ2n) is 4.64. The largest absolute Gasteiger partial charge is 0.419 e. The fourth-order valence-electron chi connectivity index (χ4n) is 1.87. The maximum Gasteiger partial charge on any atom is 0.267 e. The van der Waals surface area contributed by atoms with Gasteiger partial charge in [-0.3, -0.25) is 9.78 Å². The van der Waals surface area contributed by atoms with Crippen molar-refractivity contribution in [2.24, 2.45) is 0 Å². The maximum absolute atomic E-state index is 11.9. The van der Waals surface area contributed by atoms with Crippen molar-refractivity contribution in [1.29, 1.82) is 0 Å². The van der Waals surface area contributed by atoms with Crippen molar-refractivity contribution in [2.75, 3.05) is 0 Å². The van der Waals surface area contributed by atoms with Gasteiger partial charge in [-0.1, -0.05) is 29.8 Å². The van der Waals surface area contributed by atoms with Gasteiger partial charge in [0.25, 0.3) is 5.89 Å². The Morgan fingerprint density at radius 2 is 2.09 bits per heavy atom. The third-order valence-electron chi connectivity index (χ3n) is 2.99. The summed E-state index contributed by atoms with van der Waals surface area (Å²) in [5.74, 6) is 0.202. The van der Waals surface area contributed by atoms with Gasteiger partial charge >= 0.3 is 0 Å². The zero-order valence-electron chi connectivity index (χ0n) is 11.9. The van der Waals surface area contributed by atoms with Gasteiger partial charge in [-0.25, -0.2) is 4.98 Å². The molecule has 0 atom stereocenters. The molecule has 0 saturated carbocycles. The highest BCUT2D eigenvalue weighted by atomic mass is 35.5. The van der Waals surface area contributed by atoms with Crippen LogP contribution < -0.4 is 5.32 Å². The molecule has 0 saturated heterocycles. The number of rotatable bonds is 5. The zero-order valence-corrected chi connectivity index (χ0v) is 12.7. The Kier molecular flexibility index (Phi) is 4.58. The first-order chi connectivity index (χ1) is 11.2. The lowest BCUT2D eigenvalue weighted by Gasteiger charge is -2.05. The van der Waals surface area contributed by atoms with Crippen molar-refractivity contribution in [1.82, 2.24) is 25.5 Å². The van der Waals surface area contributed by atoms with Gasteiger partial charge in [0.1, 0.15) is 12.1 Å². The molecule has 0 bridgehead atoms. The topological polar surface area (TPSA) is 93.8 Å². The monoisotopic (exact) mass is 329 g/mol. The standard InChI is InChI=1S/C15H12ClN5O2/c16-11-4-2-1-3-10(11)8-19-13(22)7-14-20-21-15(23-14)12-9-17-5-6-18-12/h1-6,9H,7-8H2,(H,19,22). The lowest BCUT2D eigenvalue weighted by atomic mass is 10.2. The number of nitrogens with one attached hydrogen (secondary N) is 1. The van der Waals surface area contributed by atoms with Gasteiger partial charge < -0.3 is 9.73 Å². The van der Waals surface area contributed by atoms with Crippen molar-refractivity contribution in [3.63, 3.8) is 0 Å². The Morgan fingerprint density at radius 3 is 2.87 bits per heavy atom. The van der Waals surface area contributed by atoms with E-state index in [9.17, 15) is 4.79 Å². The van der Waals surface area contributed by atoms with E-state index in [-0.39, 0.29) is 24.1 Å². The molecule has 3 aromatic rings. The highest BCUT2D eigenvalue weighted by molar-refractivity contribution is 6.31. The van der Waals surface area contributed by atoms with Crippen LogP contribution in [-0.4, -0.2) is 26.1 Å². The molecule has 1 N–H and O–H groups in total. The summed E-state index contributed by atoms with van der Waals surface area (Å²) in [6, 6.07) is 7.31. The summed E-state index contributed by atoms with van der Waals surface area (Å²) in [6.07, 6.45) is 4.56. The molecule has 23 heavy (non-hydrogen) atoms. The average Bonchev–Trinajstić information content (AvgIpc) is 3.03. The van der Waals surface area contributed by atoms with Crippen molar-refractivity contribution < 1.29 is 9.21 Å². The molecule has 0 fully saturated rings. The average molecular weight is 330 g/mol. The number of hydrogen-bond acceptors (Lipinski definition) is 6. The van der Waals surface area contributed by atoms with Crippen LogP contribution in [0.4, 0.5) is 0 Å². The van der Waals surface area contributed by atoms with Gasteiger partial charge in [-0.2, -0.15) is 0 Å². The van der Waals surface area contributed by atoms with Gasteiger partial charge in [-0.15, -0.1) is 10.2 Å². The SMILES string of the molecule is O=C(Cc1nnc(-c2cnccn2)o1)NCc1ccccc1Cl. The molecular formula is C15H12ClN5O2. The number of hydrogen-bond donors (Lipinski definition) is 1. The number of carbonyl (C=O) groups excluding carboxylic acids is 1. The molecule has 3 rings (SSSR count). The van der Waals surface area contributed by atoms with Crippen LogP contribution in [0.5, 0.6) is 0 Å². The number of benzene rings is 1. The summed E-state index contributed by atoms with van der Waals surface area (Å²) in [5.41, 5.74) is 1.30. The molecule has 0 unspecified atom stereocenters. The second-order valence-corrected chi connectivity index (χ2v) is 5.04. The molecule has 0 aliphatic heterocycles. The fraction of sp³-hybridized carbons (Fsp3) is 0.133. The number of nitrogens with zero attached hydrogens (tertiary/aromatic N) is 4. The molecule has 2 aromatic heterocycles. The summed E-state index contributed by atoms with van der Waals surface area (Å²) < 4.78 is 5.40. The smallest absolute Gasteiger partial charge is 0.267 e. The predicted molar refractivity (Wildman–Crippen MR) is 82.3 cm³/mol. The Bertz CT molecular complexity index is 806. The lowest BCUT2D eigenvalue weighted by molar-refractivity contribution is -0.120. The molecule has 1 amide bonds. The Balaban J connectivity index is 1.58. The molecule has 8 heteroatoms. The first kappa shape index (κ1) is 15.1. The minimum Gasteiger partial charge on any atom is -0.419 e. The van der Waals surface area contributed by atoms with Gasteiger partial charge in [0.05, 0.1) is 6.20 Å². The zero-order chi connectivity index (χ0) is 16.1. The van der Waals surface area contributed by atoms with E-state index in [1.165, 1.54) is 12.4 Å². The molecule has 0 aliphatic carbocycles. The summed E-state index contributed by atoms with van der Waals surface area (Å²) in [4.78, 5) is 19.9. The Hall–Kier alpha value is -2.80. The Morgan fingerprint density at radius 1 is 1.22 bits per heavy atom. The molecule has 0 spiro atoms. The first-order valence-corrected chi connectivity index (χ1v) is 7.19. The molecule has 116 valence electrons. The van der Waals surface area contributed by atoms with Crippen LogP contribution in [0, 0.1) is 0 Å². The number of halogens is 1. The van der Waals surface area contributed by atoms with E-state index in [1.807, 2.05) is 18.2 Å². The first-order valence-electron chi connectivity index (χ1n) is 6.81. The third kappa shape index (κ3) is 3.89. The second kappa shape index (κ2) is 6.97. The van der Waals surface area contributed by atoms with Gasteiger partial charge in [0.2, 0.25) is 11.8 Å². The summed E-state index contributed by atoms with van der Waals surface area (Å²) in [5, 5.41) is 11.1. The summed E-state index contributed by atoms with van der Waals surface area (Å²) >= 11 is 6.03. The van der Waals surface area contributed by atoms with E-state index in [0.29, 0.717) is 17.3 Å². The lowest BCUT2D eigenvalue weighted by Crippen LogP contribution is -2.24. The Labute approximate surface area is 136 Å². The van der Waals surface area contributed by atoms with E-state index in [2.05, 4.69) is 25.5 Å². The van der Waals surface area contributed by atoms with Crippen LogP contribution in [0.3, 0.4) is 0 Å². The molecule has 7 nitrogen and oxygen atoms in total. The molecule has 0 aliphatic rings. The quantitative estimate of drug-likeness (QED) is 0.769. The van der Waals surface area contributed by atoms with Crippen LogP contribution in [-0.2, 0) is 17.8 Å². The predicted octanol–water partition coefficient (Wildman–Crippen LogP) is 2.04. The van der Waals surface area contributed by atoms with Crippen LogP contribution in [0.25, 0.3) is 11.6 Å². The minimum absolute atomic E-state index is 0.0162. The molecule has 1 aromatic carbocycles. The van der Waals surface area contributed by atoms with Crippen molar-refractivity contribution >= 4 is 17.5 Å². The van der Waals surface area contributed by atoms with Crippen LogP contribution in [0.2, 0.25) is 5.02 Å². The number of carbonyl (C=O) groups is 1. The summed E-state index contributed by atoms with van der Waals surface area (Å²) in [6.45, 7) is 0.337. The van der Waals surface area contributed by atoms with E-state index in [4.69, 9.17) is 16.0 Å². The number of aromatic nitrogens is 4. The van der Waals surface area contributed by atoms with E-state index < -0.39 is 0 Å². The summed E-state index contributed by atoms with van der Waals surface area (Å²) in [7, 11) is 0. The third-order valence-corrected chi connectivity index (χ3v) is 3.36.